The molecule has 1 aromatic carbocycles. The van der Waals surface area contributed by atoms with Gasteiger partial charge in [-0.3, -0.25) is 4.68 Å². The second kappa shape index (κ2) is 6.03. The number of benzene rings is 1. The number of aromatic nitrogens is 2. The fourth-order valence-corrected chi connectivity index (χ4v) is 2.24. The summed E-state index contributed by atoms with van der Waals surface area (Å²) in [5.74, 6) is 0. The Kier molecular flexibility index (Phi) is 4.39. The van der Waals surface area contributed by atoms with Crippen LogP contribution in [0.4, 0.5) is 0 Å². The zero-order valence-corrected chi connectivity index (χ0v) is 11.5. The van der Waals surface area contributed by atoms with Gasteiger partial charge in [0.2, 0.25) is 0 Å². The molecule has 0 aliphatic heterocycles. The Morgan fingerprint density at radius 1 is 1.28 bits per heavy atom. The topological polar surface area (TPSA) is 29.9 Å². The summed E-state index contributed by atoms with van der Waals surface area (Å²) in [7, 11) is 1.97. The molecule has 1 aromatic heterocycles. The molecule has 1 heterocycles. The van der Waals surface area contributed by atoms with Crippen LogP contribution in [0.25, 0.3) is 0 Å². The minimum Gasteiger partial charge on any atom is -0.309 e. The number of nitrogens with one attached hydrogen (secondary N) is 1. The average Bonchev–Trinajstić information content (AvgIpc) is 2.78. The standard InChI is InChI=1S/C14H18ClN3/c1-3-16-13(14-8-9-17-18(14)2)10-11-4-6-12(15)7-5-11/h4-9,13,16H,3,10H2,1-2H3. The average molecular weight is 264 g/mol. The van der Waals surface area contributed by atoms with Crippen molar-refractivity contribution < 1.29 is 0 Å². The molecule has 2 rings (SSSR count). The van der Waals surface area contributed by atoms with E-state index in [1.807, 2.05) is 30.1 Å². The van der Waals surface area contributed by atoms with E-state index in [0.717, 1.165) is 18.0 Å². The molecule has 2 aromatic rings. The van der Waals surface area contributed by atoms with E-state index in [0.29, 0.717) is 0 Å². The summed E-state index contributed by atoms with van der Waals surface area (Å²) < 4.78 is 1.92. The second-order valence-electron chi connectivity index (χ2n) is 4.32. The maximum Gasteiger partial charge on any atom is 0.0553 e. The van der Waals surface area contributed by atoms with Crippen LogP contribution in [0.2, 0.25) is 5.02 Å². The van der Waals surface area contributed by atoms with Crippen molar-refractivity contribution in [2.45, 2.75) is 19.4 Å². The van der Waals surface area contributed by atoms with Gasteiger partial charge in [-0.1, -0.05) is 30.7 Å². The summed E-state index contributed by atoms with van der Waals surface area (Å²) in [6.45, 7) is 3.05. The number of hydrogen-bond donors (Lipinski definition) is 1. The third kappa shape index (κ3) is 3.12. The number of hydrogen-bond acceptors (Lipinski definition) is 2. The van der Waals surface area contributed by atoms with Crippen molar-refractivity contribution in [2.24, 2.45) is 7.05 Å². The quantitative estimate of drug-likeness (QED) is 0.899. The van der Waals surface area contributed by atoms with E-state index in [1.54, 1.807) is 0 Å². The van der Waals surface area contributed by atoms with E-state index in [4.69, 9.17) is 11.6 Å². The highest BCUT2D eigenvalue weighted by Gasteiger charge is 2.14. The lowest BCUT2D eigenvalue weighted by Crippen LogP contribution is -2.25. The van der Waals surface area contributed by atoms with E-state index in [-0.39, 0.29) is 6.04 Å². The summed E-state index contributed by atoms with van der Waals surface area (Å²) in [6, 6.07) is 10.4. The molecule has 1 atom stereocenters. The minimum absolute atomic E-state index is 0.281. The van der Waals surface area contributed by atoms with Gasteiger partial charge in [0.05, 0.1) is 11.7 Å². The lowest BCUT2D eigenvalue weighted by atomic mass is 10.0. The third-order valence-electron chi connectivity index (χ3n) is 3.02. The van der Waals surface area contributed by atoms with Gasteiger partial charge in [-0.05, 0) is 36.7 Å². The fraction of sp³-hybridized carbons (Fsp3) is 0.357. The SMILES string of the molecule is CCNC(Cc1ccc(Cl)cc1)c1ccnn1C. The lowest BCUT2D eigenvalue weighted by molar-refractivity contribution is 0.508. The Labute approximate surface area is 113 Å². The maximum atomic E-state index is 5.90. The molecular weight excluding hydrogens is 246 g/mol. The van der Waals surface area contributed by atoms with Crippen molar-refractivity contribution in [3.63, 3.8) is 0 Å². The molecule has 96 valence electrons. The van der Waals surface area contributed by atoms with Crippen LogP contribution >= 0.6 is 11.6 Å². The van der Waals surface area contributed by atoms with Gasteiger partial charge in [-0.2, -0.15) is 5.10 Å². The summed E-state index contributed by atoms with van der Waals surface area (Å²) in [4.78, 5) is 0. The van der Waals surface area contributed by atoms with E-state index in [9.17, 15) is 0 Å². The molecule has 0 spiro atoms. The molecule has 0 aliphatic carbocycles. The zero-order chi connectivity index (χ0) is 13.0. The van der Waals surface area contributed by atoms with Crippen molar-refractivity contribution in [2.75, 3.05) is 6.54 Å². The van der Waals surface area contributed by atoms with E-state index < -0.39 is 0 Å². The summed E-state index contributed by atoms with van der Waals surface area (Å²) >= 11 is 5.90. The first-order valence-electron chi connectivity index (χ1n) is 6.16. The van der Waals surface area contributed by atoms with Gasteiger partial charge < -0.3 is 5.32 Å². The molecule has 0 saturated heterocycles. The number of likely N-dealkylation sites (N-methyl/N-ethyl adjacent to an activating group) is 1. The number of aryl methyl sites for hydroxylation is 1. The Balaban J connectivity index is 2.16. The molecule has 0 saturated carbocycles. The van der Waals surface area contributed by atoms with Crippen LogP contribution in [-0.2, 0) is 13.5 Å². The lowest BCUT2D eigenvalue weighted by Gasteiger charge is -2.18. The molecule has 4 heteroatoms. The summed E-state index contributed by atoms with van der Waals surface area (Å²) in [5.41, 5.74) is 2.47. The van der Waals surface area contributed by atoms with Gasteiger partial charge in [0.25, 0.3) is 0 Å². The molecule has 1 N–H and O–H groups in total. The summed E-state index contributed by atoms with van der Waals surface area (Å²) in [5, 5.41) is 8.50. The first-order chi connectivity index (χ1) is 8.70. The van der Waals surface area contributed by atoms with E-state index in [2.05, 4.69) is 35.5 Å². The van der Waals surface area contributed by atoms with Crippen LogP contribution in [0.3, 0.4) is 0 Å². The molecule has 0 aliphatic rings. The van der Waals surface area contributed by atoms with Gasteiger partial charge in [-0.15, -0.1) is 0 Å². The van der Waals surface area contributed by atoms with Crippen LogP contribution < -0.4 is 5.32 Å². The van der Waals surface area contributed by atoms with Crippen molar-refractivity contribution in [1.29, 1.82) is 0 Å². The van der Waals surface area contributed by atoms with Crippen molar-refractivity contribution in [3.05, 3.63) is 52.8 Å². The molecule has 18 heavy (non-hydrogen) atoms. The highest BCUT2D eigenvalue weighted by Crippen LogP contribution is 2.19. The van der Waals surface area contributed by atoms with E-state index >= 15 is 0 Å². The van der Waals surface area contributed by atoms with Gasteiger partial charge in [-0.25, -0.2) is 0 Å². The second-order valence-corrected chi connectivity index (χ2v) is 4.76. The predicted octanol–water partition coefficient (Wildman–Crippen LogP) is 2.97. The first kappa shape index (κ1) is 13.1. The van der Waals surface area contributed by atoms with Gasteiger partial charge >= 0.3 is 0 Å². The molecule has 0 radical (unpaired) electrons. The van der Waals surface area contributed by atoms with Gasteiger partial charge in [0.15, 0.2) is 0 Å². The molecular formula is C14H18ClN3. The van der Waals surface area contributed by atoms with Crippen LogP contribution in [-0.4, -0.2) is 16.3 Å². The first-order valence-corrected chi connectivity index (χ1v) is 6.54. The Bertz CT molecular complexity index is 490. The molecule has 1 unspecified atom stereocenters. The Morgan fingerprint density at radius 2 is 2.00 bits per heavy atom. The number of rotatable bonds is 5. The van der Waals surface area contributed by atoms with Crippen LogP contribution in [0.1, 0.15) is 24.2 Å². The molecule has 0 bridgehead atoms. The minimum atomic E-state index is 0.281. The maximum absolute atomic E-state index is 5.90. The molecule has 0 amide bonds. The van der Waals surface area contributed by atoms with Crippen molar-refractivity contribution in [3.8, 4) is 0 Å². The summed E-state index contributed by atoms with van der Waals surface area (Å²) in [6.07, 6.45) is 2.77. The predicted molar refractivity (Wildman–Crippen MR) is 74.8 cm³/mol. The number of halogens is 1. The van der Waals surface area contributed by atoms with Crippen LogP contribution in [0.5, 0.6) is 0 Å². The van der Waals surface area contributed by atoms with Crippen molar-refractivity contribution in [1.82, 2.24) is 15.1 Å². The fourth-order valence-electron chi connectivity index (χ4n) is 2.11. The smallest absolute Gasteiger partial charge is 0.0553 e. The Hall–Kier alpha value is -1.32. The zero-order valence-electron chi connectivity index (χ0n) is 10.7. The van der Waals surface area contributed by atoms with Gasteiger partial charge in [0.1, 0.15) is 0 Å². The molecule has 0 fully saturated rings. The Morgan fingerprint density at radius 3 is 2.56 bits per heavy atom. The number of nitrogens with zero attached hydrogens (tertiary/aromatic N) is 2. The van der Waals surface area contributed by atoms with Crippen LogP contribution in [0, 0.1) is 0 Å². The van der Waals surface area contributed by atoms with Crippen molar-refractivity contribution >= 4 is 11.6 Å². The van der Waals surface area contributed by atoms with Crippen LogP contribution in [0.15, 0.2) is 36.5 Å². The highest BCUT2D eigenvalue weighted by atomic mass is 35.5. The largest absolute Gasteiger partial charge is 0.309 e. The highest BCUT2D eigenvalue weighted by molar-refractivity contribution is 6.30. The molecule has 3 nitrogen and oxygen atoms in total. The monoisotopic (exact) mass is 263 g/mol. The van der Waals surface area contributed by atoms with E-state index in [1.165, 1.54) is 11.3 Å². The van der Waals surface area contributed by atoms with Gasteiger partial charge in [0, 0.05) is 18.3 Å². The normalized spacial score (nSPS) is 12.6. The third-order valence-corrected chi connectivity index (χ3v) is 3.27.